The van der Waals surface area contributed by atoms with Gasteiger partial charge in [-0.2, -0.15) is 0 Å². The summed E-state index contributed by atoms with van der Waals surface area (Å²) in [4.78, 5) is 0. The maximum Gasteiger partial charge on any atom is 0.0495 e. The summed E-state index contributed by atoms with van der Waals surface area (Å²) in [6.07, 6.45) is 2.60. The number of aryl methyl sites for hydroxylation is 1. The summed E-state index contributed by atoms with van der Waals surface area (Å²) in [6.45, 7) is 5.01. The van der Waals surface area contributed by atoms with Gasteiger partial charge in [-0.05, 0) is 56.4 Å². The van der Waals surface area contributed by atoms with Crippen LogP contribution < -0.4 is 11.1 Å². The number of benzene rings is 1. The van der Waals surface area contributed by atoms with E-state index in [1.165, 1.54) is 18.4 Å². The van der Waals surface area contributed by atoms with Gasteiger partial charge >= 0.3 is 0 Å². The van der Waals surface area contributed by atoms with Crippen LogP contribution in [0.2, 0.25) is 0 Å². The molecular weight excluding hydrogens is 264 g/mol. The van der Waals surface area contributed by atoms with Gasteiger partial charge in [-0.3, -0.25) is 0 Å². The molecule has 0 radical (unpaired) electrons. The summed E-state index contributed by atoms with van der Waals surface area (Å²) in [5.41, 5.74) is 8.36. The Morgan fingerprint density at radius 2 is 2.12 bits per heavy atom. The van der Waals surface area contributed by atoms with E-state index in [1.54, 1.807) is 0 Å². The topological polar surface area (TPSA) is 38.0 Å². The van der Waals surface area contributed by atoms with Gasteiger partial charge in [0.05, 0.1) is 0 Å². The molecule has 16 heavy (non-hydrogen) atoms. The molecule has 1 aromatic carbocycles. The Labute approximate surface area is 106 Å². The van der Waals surface area contributed by atoms with Crippen molar-refractivity contribution in [2.75, 3.05) is 11.9 Å². The van der Waals surface area contributed by atoms with Crippen LogP contribution in [0.3, 0.4) is 0 Å². The van der Waals surface area contributed by atoms with Crippen molar-refractivity contribution < 1.29 is 0 Å². The molecule has 2 rings (SSSR count). The SMILES string of the molecule is Cc1cc(Br)cc(NC(C)(CN)C2CC2)c1. The fraction of sp³-hybridized carbons (Fsp3) is 0.538. The maximum atomic E-state index is 5.90. The lowest BCUT2D eigenvalue weighted by atomic mass is 9.95. The first-order chi connectivity index (χ1) is 7.53. The maximum absolute atomic E-state index is 5.90. The van der Waals surface area contributed by atoms with Crippen molar-refractivity contribution in [3.8, 4) is 0 Å². The Kier molecular flexibility index (Phi) is 3.27. The minimum Gasteiger partial charge on any atom is -0.378 e. The molecule has 1 fully saturated rings. The summed E-state index contributed by atoms with van der Waals surface area (Å²) in [6, 6.07) is 6.40. The van der Waals surface area contributed by atoms with Gasteiger partial charge in [0, 0.05) is 22.2 Å². The van der Waals surface area contributed by atoms with Crippen LogP contribution in [0.1, 0.15) is 25.3 Å². The molecule has 3 heteroatoms. The third-order valence-electron chi connectivity index (χ3n) is 3.37. The van der Waals surface area contributed by atoms with Crippen LogP contribution in [0.4, 0.5) is 5.69 Å². The predicted octanol–water partition coefficient (Wildman–Crippen LogP) is 3.30. The average molecular weight is 283 g/mol. The zero-order valence-corrected chi connectivity index (χ0v) is 11.5. The summed E-state index contributed by atoms with van der Waals surface area (Å²) in [5.74, 6) is 0.733. The number of hydrogen-bond donors (Lipinski definition) is 2. The molecule has 0 aliphatic heterocycles. The Hall–Kier alpha value is -0.540. The lowest BCUT2D eigenvalue weighted by Gasteiger charge is -2.31. The molecule has 0 bridgehead atoms. The first-order valence-corrected chi connectivity index (χ1v) is 6.58. The number of nitrogens with one attached hydrogen (secondary N) is 1. The quantitative estimate of drug-likeness (QED) is 0.889. The monoisotopic (exact) mass is 282 g/mol. The van der Waals surface area contributed by atoms with Gasteiger partial charge in [0.1, 0.15) is 0 Å². The van der Waals surface area contributed by atoms with E-state index in [9.17, 15) is 0 Å². The van der Waals surface area contributed by atoms with E-state index in [1.807, 2.05) is 0 Å². The third-order valence-corrected chi connectivity index (χ3v) is 3.83. The molecule has 0 saturated heterocycles. The summed E-state index contributed by atoms with van der Waals surface area (Å²) < 4.78 is 1.12. The summed E-state index contributed by atoms with van der Waals surface area (Å²) >= 11 is 3.52. The summed E-state index contributed by atoms with van der Waals surface area (Å²) in [5, 5.41) is 3.59. The largest absolute Gasteiger partial charge is 0.378 e. The van der Waals surface area contributed by atoms with Gasteiger partial charge in [-0.15, -0.1) is 0 Å². The van der Waals surface area contributed by atoms with Crippen molar-refractivity contribution in [1.82, 2.24) is 0 Å². The molecule has 1 aliphatic carbocycles. The zero-order valence-electron chi connectivity index (χ0n) is 9.89. The predicted molar refractivity (Wildman–Crippen MR) is 72.7 cm³/mol. The van der Waals surface area contributed by atoms with E-state index < -0.39 is 0 Å². The van der Waals surface area contributed by atoms with Gasteiger partial charge < -0.3 is 11.1 Å². The van der Waals surface area contributed by atoms with E-state index in [0.717, 1.165) is 16.1 Å². The third kappa shape index (κ3) is 2.58. The fourth-order valence-corrected chi connectivity index (χ4v) is 2.79. The molecule has 3 N–H and O–H groups in total. The highest BCUT2D eigenvalue weighted by Crippen LogP contribution is 2.41. The van der Waals surface area contributed by atoms with Gasteiger partial charge in [0.25, 0.3) is 0 Å². The van der Waals surface area contributed by atoms with E-state index in [4.69, 9.17) is 5.73 Å². The molecule has 88 valence electrons. The fourth-order valence-electron chi connectivity index (χ4n) is 2.18. The molecule has 1 aromatic rings. The average Bonchev–Trinajstić information content (AvgIpc) is 2.98. The van der Waals surface area contributed by atoms with Crippen molar-refractivity contribution >= 4 is 21.6 Å². The molecule has 0 heterocycles. The van der Waals surface area contributed by atoms with Crippen LogP contribution in [0.5, 0.6) is 0 Å². The second-order valence-corrected chi connectivity index (χ2v) is 5.95. The van der Waals surface area contributed by atoms with Gasteiger partial charge in [-0.1, -0.05) is 15.9 Å². The lowest BCUT2D eigenvalue weighted by molar-refractivity contribution is 0.459. The Morgan fingerprint density at radius 3 is 2.62 bits per heavy atom. The van der Waals surface area contributed by atoms with Crippen LogP contribution in [0, 0.1) is 12.8 Å². The highest BCUT2D eigenvalue weighted by molar-refractivity contribution is 9.10. The minimum absolute atomic E-state index is 0.0488. The number of rotatable bonds is 4. The van der Waals surface area contributed by atoms with Crippen molar-refractivity contribution in [2.45, 2.75) is 32.2 Å². The van der Waals surface area contributed by atoms with E-state index in [0.29, 0.717) is 6.54 Å². The van der Waals surface area contributed by atoms with Crippen molar-refractivity contribution in [1.29, 1.82) is 0 Å². The highest BCUT2D eigenvalue weighted by atomic mass is 79.9. The molecule has 1 atom stereocenters. The first kappa shape index (κ1) is 11.9. The molecule has 1 unspecified atom stereocenters. The number of halogens is 1. The normalized spacial score (nSPS) is 19.2. The Morgan fingerprint density at radius 1 is 1.44 bits per heavy atom. The number of nitrogens with two attached hydrogens (primary N) is 1. The smallest absolute Gasteiger partial charge is 0.0495 e. The Balaban J connectivity index is 2.18. The lowest BCUT2D eigenvalue weighted by Crippen LogP contribution is -2.44. The van der Waals surface area contributed by atoms with Crippen LogP contribution in [0.25, 0.3) is 0 Å². The molecule has 1 saturated carbocycles. The van der Waals surface area contributed by atoms with Crippen LogP contribution >= 0.6 is 15.9 Å². The van der Waals surface area contributed by atoms with Gasteiger partial charge in [0.2, 0.25) is 0 Å². The van der Waals surface area contributed by atoms with Gasteiger partial charge in [-0.25, -0.2) is 0 Å². The standard InChI is InChI=1S/C13H19BrN2/c1-9-5-11(14)7-12(6-9)16-13(2,8-15)10-3-4-10/h5-7,10,16H,3-4,8,15H2,1-2H3. The molecule has 0 spiro atoms. The van der Waals surface area contributed by atoms with Crippen molar-refractivity contribution in [3.63, 3.8) is 0 Å². The molecule has 0 aromatic heterocycles. The van der Waals surface area contributed by atoms with Crippen LogP contribution in [-0.4, -0.2) is 12.1 Å². The van der Waals surface area contributed by atoms with Crippen LogP contribution in [-0.2, 0) is 0 Å². The number of anilines is 1. The van der Waals surface area contributed by atoms with Gasteiger partial charge in [0.15, 0.2) is 0 Å². The van der Waals surface area contributed by atoms with Crippen molar-refractivity contribution in [3.05, 3.63) is 28.2 Å². The van der Waals surface area contributed by atoms with E-state index >= 15 is 0 Å². The highest BCUT2D eigenvalue weighted by Gasteiger charge is 2.40. The summed E-state index contributed by atoms with van der Waals surface area (Å²) in [7, 11) is 0. The second kappa shape index (κ2) is 4.38. The second-order valence-electron chi connectivity index (χ2n) is 5.04. The van der Waals surface area contributed by atoms with Crippen molar-refractivity contribution in [2.24, 2.45) is 11.7 Å². The molecule has 1 aliphatic rings. The Bertz CT molecular complexity index is 367. The number of hydrogen-bond acceptors (Lipinski definition) is 2. The van der Waals surface area contributed by atoms with E-state index in [2.05, 4.69) is 53.3 Å². The van der Waals surface area contributed by atoms with Crippen LogP contribution in [0.15, 0.2) is 22.7 Å². The minimum atomic E-state index is 0.0488. The van der Waals surface area contributed by atoms with E-state index in [-0.39, 0.29) is 5.54 Å². The first-order valence-electron chi connectivity index (χ1n) is 5.79. The molecule has 0 amide bonds. The molecule has 2 nitrogen and oxygen atoms in total. The zero-order chi connectivity index (χ0) is 11.8. The molecular formula is C13H19BrN2.